The highest BCUT2D eigenvalue weighted by Crippen LogP contribution is 2.40. The lowest BCUT2D eigenvalue weighted by atomic mass is 10.1. The third-order valence-electron chi connectivity index (χ3n) is 4.40. The first-order chi connectivity index (χ1) is 12.4. The van der Waals surface area contributed by atoms with Gasteiger partial charge in [0.05, 0.1) is 9.72 Å². The van der Waals surface area contributed by atoms with Crippen LogP contribution in [-0.2, 0) is 16.6 Å². The van der Waals surface area contributed by atoms with Crippen LogP contribution in [0.25, 0.3) is 10.9 Å². The number of fused-ring (bicyclic) bond motifs is 1. The Balaban J connectivity index is 2.17. The zero-order valence-corrected chi connectivity index (χ0v) is 17.0. The highest BCUT2D eigenvalue weighted by atomic mass is 79.9. The zero-order valence-electron chi connectivity index (χ0n) is 14.6. The smallest absolute Gasteiger partial charge is 0.347 e. The van der Waals surface area contributed by atoms with Crippen molar-refractivity contribution >= 4 is 36.9 Å². The molecule has 0 spiro atoms. The van der Waals surface area contributed by atoms with Gasteiger partial charge in [0.15, 0.2) is 0 Å². The fraction of sp³-hybridized carbons (Fsp3) is 0.529. The van der Waals surface area contributed by atoms with Crippen LogP contribution in [0.1, 0.15) is 38.3 Å². The monoisotopic (exact) mass is 470 g/mol. The number of rotatable bonds is 6. The van der Waals surface area contributed by atoms with Crippen molar-refractivity contribution in [3.05, 3.63) is 34.2 Å². The molecule has 1 heterocycles. The van der Waals surface area contributed by atoms with E-state index in [0.29, 0.717) is 24.9 Å². The maximum Gasteiger partial charge on any atom is 0.408 e. The Labute approximate surface area is 163 Å². The third-order valence-corrected chi connectivity index (χ3v) is 6.92. The summed E-state index contributed by atoms with van der Waals surface area (Å²) >= 11 is 3.06. The summed E-state index contributed by atoms with van der Waals surface area (Å²) in [5.74, 6) is -0.582. The first kappa shape index (κ1) is 20.6. The van der Waals surface area contributed by atoms with Crippen molar-refractivity contribution in [1.29, 1.82) is 0 Å². The number of hydrogen-bond acceptors (Lipinski definition) is 2. The predicted octanol–water partition coefficient (Wildman–Crippen LogP) is 4.88. The van der Waals surface area contributed by atoms with Crippen LogP contribution in [0.15, 0.2) is 22.8 Å². The van der Waals surface area contributed by atoms with Gasteiger partial charge in [-0.3, -0.25) is 0 Å². The van der Waals surface area contributed by atoms with Gasteiger partial charge in [-0.05, 0) is 46.8 Å². The molecule has 10 heteroatoms. The van der Waals surface area contributed by atoms with Crippen molar-refractivity contribution in [3.8, 4) is 0 Å². The van der Waals surface area contributed by atoms with Crippen molar-refractivity contribution in [2.24, 2.45) is 5.92 Å². The Kier molecular flexibility index (Phi) is 5.37. The minimum atomic E-state index is -4.86. The van der Waals surface area contributed by atoms with Crippen LogP contribution >= 0.6 is 15.9 Å². The number of benzene rings is 1. The third kappa shape index (κ3) is 4.32. The van der Waals surface area contributed by atoms with Gasteiger partial charge in [-0.1, -0.05) is 13.8 Å². The summed E-state index contributed by atoms with van der Waals surface area (Å²) < 4.78 is 83.2. The zero-order chi connectivity index (χ0) is 20.1. The summed E-state index contributed by atoms with van der Waals surface area (Å²) in [6.45, 7) is 4.22. The van der Waals surface area contributed by atoms with E-state index in [4.69, 9.17) is 0 Å². The van der Waals surface area contributed by atoms with Gasteiger partial charge in [0.25, 0.3) is 0 Å². The molecule has 1 aromatic heterocycles. The fourth-order valence-corrected chi connectivity index (χ4v) is 4.90. The highest BCUT2D eigenvalue weighted by Gasteiger charge is 2.47. The molecule has 3 rings (SSSR count). The lowest BCUT2D eigenvalue weighted by Gasteiger charge is -2.21. The summed E-state index contributed by atoms with van der Waals surface area (Å²) in [6, 6.07) is -0.00523. The SMILES string of the molecule is CC(C)Cn1cc([C@H](NS(=O)(=O)C2CC2)C(F)(F)F)c2cc(F)c(Br)cc21. The molecule has 1 atom stereocenters. The molecule has 4 nitrogen and oxygen atoms in total. The molecule has 1 N–H and O–H groups in total. The van der Waals surface area contributed by atoms with Crippen LogP contribution in [0.3, 0.4) is 0 Å². The van der Waals surface area contributed by atoms with Crippen molar-refractivity contribution < 1.29 is 26.0 Å². The van der Waals surface area contributed by atoms with Crippen LogP contribution in [0.2, 0.25) is 0 Å². The topological polar surface area (TPSA) is 51.1 Å². The highest BCUT2D eigenvalue weighted by molar-refractivity contribution is 9.10. The number of nitrogens with one attached hydrogen (secondary N) is 1. The Morgan fingerprint density at radius 1 is 1.30 bits per heavy atom. The second-order valence-corrected chi connectivity index (χ2v) is 10.1. The van der Waals surface area contributed by atoms with E-state index in [-0.39, 0.29) is 21.3 Å². The Morgan fingerprint density at radius 3 is 2.44 bits per heavy atom. The lowest BCUT2D eigenvalue weighted by Crippen LogP contribution is -2.39. The van der Waals surface area contributed by atoms with Crippen LogP contribution in [0.5, 0.6) is 0 Å². The van der Waals surface area contributed by atoms with Crippen molar-refractivity contribution in [3.63, 3.8) is 0 Å². The second kappa shape index (κ2) is 7.04. The lowest BCUT2D eigenvalue weighted by molar-refractivity contribution is -0.152. The first-order valence-electron chi connectivity index (χ1n) is 8.45. The Bertz CT molecular complexity index is 965. The summed E-state index contributed by atoms with van der Waals surface area (Å²) in [5.41, 5.74) is 0.112. The number of nitrogens with zero attached hydrogens (tertiary/aromatic N) is 1. The van der Waals surface area contributed by atoms with E-state index in [2.05, 4.69) is 15.9 Å². The number of aromatic nitrogens is 1. The molecule has 150 valence electrons. The molecule has 1 aliphatic rings. The van der Waals surface area contributed by atoms with Gasteiger partial charge in [0, 0.05) is 29.2 Å². The summed E-state index contributed by atoms with van der Waals surface area (Å²) in [6.07, 6.45) is -2.90. The van der Waals surface area contributed by atoms with E-state index < -0.39 is 33.3 Å². The molecule has 0 aliphatic heterocycles. The van der Waals surface area contributed by atoms with Gasteiger partial charge >= 0.3 is 6.18 Å². The van der Waals surface area contributed by atoms with Crippen molar-refractivity contribution in [2.75, 3.05) is 0 Å². The molecule has 1 aliphatic carbocycles. The van der Waals surface area contributed by atoms with Crippen LogP contribution in [0, 0.1) is 11.7 Å². The minimum absolute atomic E-state index is 0.0390. The second-order valence-electron chi connectivity index (χ2n) is 7.25. The molecule has 0 unspecified atom stereocenters. The maximum absolute atomic E-state index is 14.1. The van der Waals surface area contributed by atoms with Crippen LogP contribution < -0.4 is 4.72 Å². The van der Waals surface area contributed by atoms with Crippen molar-refractivity contribution in [1.82, 2.24) is 9.29 Å². The van der Waals surface area contributed by atoms with Gasteiger partial charge in [-0.2, -0.15) is 17.9 Å². The summed E-state index contributed by atoms with van der Waals surface area (Å²) in [5, 5.41) is -0.755. The number of hydrogen-bond donors (Lipinski definition) is 1. The van der Waals surface area contributed by atoms with Crippen molar-refractivity contribution in [2.45, 2.75) is 50.7 Å². The summed E-state index contributed by atoms with van der Waals surface area (Å²) in [4.78, 5) is 0. The average molecular weight is 471 g/mol. The van der Waals surface area contributed by atoms with E-state index in [1.54, 1.807) is 9.29 Å². The molecule has 1 fully saturated rings. The molecular weight excluding hydrogens is 452 g/mol. The molecule has 0 saturated heterocycles. The normalized spacial score (nSPS) is 17.0. The van der Waals surface area contributed by atoms with E-state index in [0.717, 1.165) is 6.07 Å². The molecular formula is C17H19BrF4N2O2S. The molecule has 0 radical (unpaired) electrons. The van der Waals surface area contributed by atoms with Crippen LogP contribution in [0.4, 0.5) is 17.6 Å². The van der Waals surface area contributed by atoms with E-state index in [1.165, 1.54) is 12.3 Å². The van der Waals surface area contributed by atoms with Gasteiger partial charge in [-0.25, -0.2) is 12.8 Å². The summed E-state index contributed by atoms with van der Waals surface area (Å²) in [7, 11) is -4.10. The minimum Gasteiger partial charge on any atom is -0.347 e. The van der Waals surface area contributed by atoms with Gasteiger partial charge in [0.1, 0.15) is 11.9 Å². The Morgan fingerprint density at radius 2 is 1.93 bits per heavy atom. The molecule has 1 aromatic carbocycles. The quantitative estimate of drug-likeness (QED) is 0.611. The van der Waals surface area contributed by atoms with Gasteiger partial charge in [0.2, 0.25) is 10.0 Å². The molecule has 27 heavy (non-hydrogen) atoms. The molecule has 0 bridgehead atoms. The van der Waals surface area contributed by atoms with E-state index >= 15 is 0 Å². The average Bonchev–Trinajstić information content (AvgIpc) is 3.32. The molecule has 2 aromatic rings. The molecule has 0 amide bonds. The largest absolute Gasteiger partial charge is 0.408 e. The number of alkyl halides is 3. The van der Waals surface area contributed by atoms with Gasteiger partial charge in [-0.15, -0.1) is 0 Å². The fourth-order valence-electron chi connectivity index (χ4n) is 3.03. The van der Waals surface area contributed by atoms with Crippen LogP contribution in [-0.4, -0.2) is 24.4 Å². The van der Waals surface area contributed by atoms with Gasteiger partial charge < -0.3 is 4.57 Å². The predicted molar refractivity (Wildman–Crippen MR) is 98.3 cm³/mol. The number of sulfonamides is 1. The maximum atomic E-state index is 14.1. The number of halogens is 5. The van der Waals surface area contributed by atoms with E-state index in [1.807, 2.05) is 13.8 Å². The first-order valence-corrected chi connectivity index (χ1v) is 10.8. The standard InChI is InChI=1S/C17H19BrF4N2O2S/c1-9(2)7-24-8-12(11-5-14(19)13(18)6-15(11)24)16(17(20,21)22)23-27(25,26)10-3-4-10/h5-6,8-10,16,23H,3-4,7H2,1-2H3/t16-/m0/s1. The van der Waals surface area contributed by atoms with E-state index in [9.17, 15) is 26.0 Å². The molecule has 1 saturated carbocycles. The Hall–Kier alpha value is -1.13.